The van der Waals surface area contributed by atoms with Crippen LogP contribution in [0.15, 0.2) is 88.4 Å². The van der Waals surface area contributed by atoms with Gasteiger partial charge in [0.15, 0.2) is 0 Å². The molecule has 0 saturated heterocycles. The van der Waals surface area contributed by atoms with E-state index in [0.29, 0.717) is 11.1 Å². The van der Waals surface area contributed by atoms with Crippen LogP contribution in [0.3, 0.4) is 0 Å². The largest absolute Gasteiger partial charge is 0.478 e. The van der Waals surface area contributed by atoms with Crippen LogP contribution in [0.2, 0.25) is 0 Å². The number of hydrogen-bond donors (Lipinski definition) is 2. The zero-order chi connectivity index (χ0) is 38.2. The number of nitriles is 1. The van der Waals surface area contributed by atoms with Gasteiger partial charge >= 0.3 is 17.8 Å². The number of aliphatic carboxylic acids is 1. The summed E-state index contributed by atoms with van der Waals surface area (Å²) in [5, 5.41) is 24.8. The number of rotatable bonds is 12. The lowest BCUT2D eigenvalue weighted by molar-refractivity contribution is -0.137. The van der Waals surface area contributed by atoms with E-state index >= 15 is 0 Å². The van der Waals surface area contributed by atoms with Gasteiger partial charge < -0.3 is 15.7 Å². The molecule has 53 heavy (non-hydrogen) atoms. The Kier molecular flexibility index (Phi) is 10.5. The Labute approximate surface area is 305 Å². The molecule has 1 unspecified atom stereocenters. The molecule has 0 radical (unpaired) electrons. The van der Waals surface area contributed by atoms with Crippen LogP contribution in [-0.2, 0) is 23.9 Å². The molecule has 1 aliphatic heterocycles. The van der Waals surface area contributed by atoms with Crippen molar-refractivity contribution >= 4 is 23.2 Å². The molecule has 0 fully saturated rings. The molecule has 3 N–H and O–H groups in total. The zero-order valence-corrected chi connectivity index (χ0v) is 30.1. The molecule has 13 heteroatoms. The molecule has 10 nitrogen and oxygen atoms in total. The number of hydrogen-bond acceptors (Lipinski definition) is 7. The minimum absolute atomic E-state index is 0.00687. The van der Waals surface area contributed by atoms with Gasteiger partial charge in [-0.05, 0) is 117 Å². The van der Waals surface area contributed by atoms with Crippen LogP contribution in [0.1, 0.15) is 78.5 Å². The highest BCUT2D eigenvalue weighted by atomic mass is 19.4. The Balaban J connectivity index is 1.48. The third kappa shape index (κ3) is 7.04. The second-order valence-corrected chi connectivity index (χ2v) is 13.9. The van der Waals surface area contributed by atoms with E-state index in [1.54, 1.807) is 12.1 Å². The number of carbonyl (C=O) groups is 1. The highest BCUT2D eigenvalue weighted by molar-refractivity contribution is 5.92. The van der Waals surface area contributed by atoms with Crippen molar-refractivity contribution in [1.82, 2.24) is 19.2 Å². The molecule has 276 valence electrons. The van der Waals surface area contributed by atoms with E-state index in [9.17, 15) is 33.1 Å². The number of halogens is 3. The maximum atomic E-state index is 14.6. The smallest absolute Gasteiger partial charge is 0.416 e. The van der Waals surface area contributed by atoms with Gasteiger partial charge in [-0.25, -0.2) is 18.8 Å². The monoisotopic (exact) mass is 725 g/mol. The Hall–Kier alpha value is -5.45. The number of nitrogens with two attached hydrogens (primary N) is 1. The normalized spacial score (nSPS) is 17.0. The molecule has 4 aromatic rings. The fourth-order valence-corrected chi connectivity index (χ4v) is 7.74. The molecule has 2 aliphatic rings. The first kappa shape index (κ1) is 37.3. The lowest BCUT2D eigenvalue weighted by Gasteiger charge is -2.35. The van der Waals surface area contributed by atoms with Crippen LogP contribution >= 0.6 is 0 Å². The molecular weight excluding hydrogens is 683 g/mol. The van der Waals surface area contributed by atoms with Gasteiger partial charge in [0.25, 0.3) is 0 Å². The van der Waals surface area contributed by atoms with E-state index in [4.69, 9.17) is 10.8 Å². The van der Waals surface area contributed by atoms with Crippen molar-refractivity contribution in [3.8, 4) is 6.07 Å². The molecule has 0 amide bonds. The summed E-state index contributed by atoms with van der Waals surface area (Å²) >= 11 is 0. The van der Waals surface area contributed by atoms with Gasteiger partial charge in [0, 0.05) is 23.8 Å². The Bertz CT molecular complexity index is 2210. The minimum atomic E-state index is -4.67. The highest BCUT2D eigenvalue weighted by Crippen LogP contribution is 2.46. The van der Waals surface area contributed by atoms with E-state index in [1.807, 2.05) is 25.1 Å². The number of aromatic nitrogens is 3. The average molecular weight is 726 g/mol. The fourth-order valence-electron chi connectivity index (χ4n) is 7.74. The van der Waals surface area contributed by atoms with E-state index in [-0.39, 0.29) is 41.9 Å². The molecule has 0 spiro atoms. The summed E-state index contributed by atoms with van der Waals surface area (Å²) in [7, 11) is 4.13. The van der Waals surface area contributed by atoms with Crippen molar-refractivity contribution in [2.45, 2.75) is 64.2 Å². The van der Waals surface area contributed by atoms with Gasteiger partial charge in [-0.15, -0.1) is 5.10 Å². The van der Waals surface area contributed by atoms with Crippen LogP contribution in [0, 0.1) is 11.3 Å². The molecule has 1 aromatic heterocycles. The standard InChI is InChI=1S/C40H42F3N7O3/c1-24-32(22-45)33(31-14-8-11-27(34(24)31)10-6-5-7-19-47(3)4)23-48-39(53)50-36(28-17-15-26(21-44)16-18-28)35(37(51)52)25(2)49(38(50)46-48)30-13-9-12-29(20-30)40(41,42)43/h8-9,11-18,20,33,36H,5-7,10,19,22-23,45H2,1-4H3,(H,51,52)/t33?,36-/m1/s1. The van der Waals surface area contributed by atoms with Crippen LogP contribution in [-0.4, -0.2) is 57.5 Å². The van der Waals surface area contributed by atoms with E-state index < -0.39 is 29.4 Å². The molecule has 2 heterocycles. The van der Waals surface area contributed by atoms with Crippen molar-refractivity contribution in [2.24, 2.45) is 5.73 Å². The summed E-state index contributed by atoms with van der Waals surface area (Å²) in [6.45, 7) is 4.86. The van der Waals surface area contributed by atoms with Crippen molar-refractivity contribution in [2.75, 3.05) is 32.1 Å². The lowest BCUT2D eigenvalue weighted by Crippen LogP contribution is -2.38. The highest BCUT2D eigenvalue weighted by Gasteiger charge is 2.41. The number of benzene rings is 3. The van der Waals surface area contributed by atoms with Gasteiger partial charge in [-0.3, -0.25) is 4.90 Å². The SMILES string of the molecule is CC1=C(CN)C(Cn2nc3n(c2=O)[C@H](c2ccc(C#N)cc2)C(C(=O)O)=C(C)N3c2cccc(C(F)(F)F)c2)c2cccc(CCCCCN(C)C)c21. The first-order valence-corrected chi connectivity index (χ1v) is 17.5. The van der Waals surface area contributed by atoms with Crippen molar-refractivity contribution in [1.29, 1.82) is 5.26 Å². The number of unbranched alkanes of at least 4 members (excludes halogenated alkanes) is 2. The predicted octanol–water partition coefficient (Wildman–Crippen LogP) is 6.84. The molecule has 6 rings (SSSR count). The summed E-state index contributed by atoms with van der Waals surface area (Å²) in [6.07, 6.45) is -0.582. The van der Waals surface area contributed by atoms with Crippen LogP contribution in [0.4, 0.5) is 24.8 Å². The summed E-state index contributed by atoms with van der Waals surface area (Å²) in [5.41, 5.74) is 10.7. The second kappa shape index (κ2) is 14.9. The first-order chi connectivity index (χ1) is 25.3. The number of allylic oxidation sites excluding steroid dienone is 2. The molecular formula is C40H42F3N7O3. The van der Waals surface area contributed by atoms with Crippen molar-refractivity contribution in [3.05, 3.63) is 127 Å². The summed E-state index contributed by atoms with van der Waals surface area (Å²) in [5.74, 6) is -1.71. The van der Waals surface area contributed by atoms with Crippen LogP contribution < -0.4 is 16.3 Å². The number of aryl methyl sites for hydroxylation is 1. The molecule has 1 aliphatic carbocycles. The maximum absolute atomic E-state index is 14.6. The third-order valence-electron chi connectivity index (χ3n) is 10.3. The molecule has 2 atom stereocenters. The van der Waals surface area contributed by atoms with Gasteiger partial charge in [0.05, 0.1) is 29.3 Å². The summed E-state index contributed by atoms with van der Waals surface area (Å²) < 4.78 is 44.2. The van der Waals surface area contributed by atoms with E-state index in [1.165, 1.54) is 50.9 Å². The minimum Gasteiger partial charge on any atom is -0.478 e. The van der Waals surface area contributed by atoms with Gasteiger partial charge in [0.2, 0.25) is 5.95 Å². The van der Waals surface area contributed by atoms with Crippen LogP contribution in [0.25, 0.3) is 5.57 Å². The molecule has 3 aromatic carbocycles. The summed E-state index contributed by atoms with van der Waals surface area (Å²) in [4.78, 5) is 31.1. The lowest BCUT2D eigenvalue weighted by atomic mass is 9.92. The quantitative estimate of drug-likeness (QED) is 0.152. The summed E-state index contributed by atoms with van der Waals surface area (Å²) in [6, 6.07) is 17.7. The zero-order valence-electron chi connectivity index (χ0n) is 30.1. The van der Waals surface area contributed by atoms with Crippen molar-refractivity contribution < 1.29 is 23.1 Å². The third-order valence-corrected chi connectivity index (χ3v) is 10.3. The molecule has 0 bridgehead atoms. The number of alkyl halides is 3. The topological polar surface area (TPSA) is 133 Å². The van der Waals surface area contributed by atoms with Crippen LogP contribution in [0.5, 0.6) is 0 Å². The van der Waals surface area contributed by atoms with Gasteiger partial charge in [0.1, 0.15) is 6.04 Å². The van der Waals surface area contributed by atoms with E-state index in [0.717, 1.165) is 66.6 Å². The second-order valence-electron chi connectivity index (χ2n) is 13.9. The van der Waals surface area contributed by atoms with Crippen molar-refractivity contribution in [3.63, 3.8) is 0 Å². The van der Waals surface area contributed by atoms with E-state index in [2.05, 4.69) is 25.1 Å². The number of carboxylic acid groups (broad SMARTS) is 1. The maximum Gasteiger partial charge on any atom is 0.416 e. The Morgan fingerprint density at radius 1 is 1.04 bits per heavy atom. The number of carboxylic acids is 1. The Morgan fingerprint density at radius 3 is 2.40 bits per heavy atom. The first-order valence-electron chi connectivity index (χ1n) is 17.5. The predicted molar refractivity (Wildman–Crippen MR) is 197 cm³/mol. The Morgan fingerprint density at radius 2 is 1.75 bits per heavy atom. The number of fused-ring (bicyclic) bond motifs is 2. The number of nitrogens with zero attached hydrogens (tertiary/aromatic N) is 6. The number of anilines is 2. The average Bonchev–Trinajstić information content (AvgIpc) is 3.59. The fraction of sp³-hybridized carbons (Fsp3) is 0.350. The molecule has 0 saturated carbocycles. The van der Waals surface area contributed by atoms with Gasteiger partial charge in [-0.2, -0.15) is 18.4 Å². The van der Waals surface area contributed by atoms with Gasteiger partial charge in [-0.1, -0.05) is 42.8 Å².